The molecule has 8 nitrogen and oxygen atoms in total. The number of aliphatic hydroxyl groups excluding tert-OH is 4. The molecule has 246 valence electrons. The summed E-state index contributed by atoms with van der Waals surface area (Å²) < 4.78 is 11.8. The lowest BCUT2D eigenvalue weighted by Crippen LogP contribution is -2.35. The zero-order chi connectivity index (χ0) is 32.3. The normalized spacial score (nSPS) is 11.8. The van der Waals surface area contributed by atoms with Crippen molar-refractivity contribution in [1.29, 1.82) is 0 Å². The largest absolute Gasteiger partial charge is 0.492 e. The maximum atomic E-state index is 9.22. The zero-order valence-corrected chi connectivity index (χ0v) is 30.0. The van der Waals surface area contributed by atoms with Gasteiger partial charge in [-0.25, -0.2) is 0 Å². The first-order valence-electron chi connectivity index (χ1n) is 14.2. The second kappa shape index (κ2) is 21.9. The molecule has 0 radical (unpaired) electrons. The molecule has 43 heavy (non-hydrogen) atoms. The van der Waals surface area contributed by atoms with Gasteiger partial charge >= 0.3 is 0 Å². The molecule has 2 aromatic carbocycles. The third-order valence-corrected chi connectivity index (χ3v) is 11.1. The van der Waals surface area contributed by atoms with Gasteiger partial charge in [0.25, 0.3) is 0 Å². The number of nitrogens with zero attached hydrogens (tertiary/aromatic N) is 1. The van der Waals surface area contributed by atoms with Crippen LogP contribution < -0.4 is 14.8 Å². The van der Waals surface area contributed by atoms with E-state index in [0.29, 0.717) is 24.7 Å². The first-order valence-corrected chi connectivity index (χ1v) is 19.3. The molecule has 0 amide bonds. The van der Waals surface area contributed by atoms with Gasteiger partial charge in [0.1, 0.15) is 24.7 Å². The molecule has 2 rings (SSSR count). The lowest BCUT2D eigenvalue weighted by atomic mass is 10.1. The number of ether oxygens (including phenoxy) is 2. The van der Waals surface area contributed by atoms with Crippen molar-refractivity contribution in [2.75, 3.05) is 59.0 Å². The highest BCUT2D eigenvalue weighted by Gasteiger charge is 2.20. The third-order valence-electron chi connectivity index (χ3n) is 5.89. The van der Waals surface area contributed by atoms with Gasteiger partial charge in [-0.05, 0) is 93.8 Å². The SMILES string of the molecule is CSSC(C)(C)CN(C)CCOc1cc(CO)cc(CO)c1.CSSC(C)(C)CNCCOc1cc(CO)cc(CO)c1. The summed E-state index contributed by atoms with van der Waals surface area (Å²) in [6.45, 7) is 13.3. The fourth-order valence-electron chi connectivity index (χ4n) is 4.17. The fourth-order valence-corrected chi connectivity index (χ4v) is 8.55. The molecule has 0 saturated carbocycles. The van der Waals surface area contributed by atoms with Crippen molar-refractivity contribution in [2.45, 2.75) is 63.6 Å². The van der Waals surface area contributed by atoms with Gasteiger partial charge in [0.2, 0.25) is 0 Å². The van der Waals surface area contributed by atoms with Gasteiger partial charge in [-0.15, -0.1) is 0 Å². The molecule has 0 aliphatic carbocycles. The van der Waals surface area contributed by atoms with E-state index in [0.717, 1.165) is 48.4 Å². The summed E-state index contributed by atoms with van der Waals surface area (Å²) in [7, 11) is 9.39. The van der Waals surface area contributed by atoms with Gasteiger partial charge in [-0.2, -0.15) is 0 Å². The number of hydrogen-bond donors (Lipinski definition) is 5. The van der Waals surface area contributed by atoms with E-state index in [2.05, 4.69) is 57.5 Å². The van der Waals surface area contributed by atoms with Crippen LogP contribution in [0.2, 0.25) is 0 Å². The number of aliphatic hydroxyl groups is 4. The van der Waals surface area contributed by atoms with Crippen LogP contribution in [0.5, 0.6) is 11.5 Å². The molecule has 0 aliphatic heterocycles. The Morgan fingerprint density at radius 1 is 0.674 bits per heavy atom. The molecular formula is C31H52N2O6S4. The second-order valence-electron chi connectivity index (χ2n) is 11.2. The Hall–Kier alpha value is -0.800. The Labute approximate surface area is 274 Å². The summed E-state index contributed by atoms with van der Waals surface area (Å²) in [4.78, 5) is 2.26. The van der Waals surface area contributed by atoms with Gasteiger partial charge in [0.05, 0.1) is 26.4 Å². The minimum Gasteiger partial charge on any atom is -0.492 e. The Bertz CT molecular complexity index is 1000. The predicted octanol–water partition coefficient (Wildman–Crippen LogP) is 5.20. The number of likely N-dealkylation sites (N-methyl/N-ethyl adjacent to an activating group) is 1. The van der Waals surface area contributed by atoms with E-state index in [9.17, 15) is 20.4 Å². The molecule has 0 aromatic heterocycles. The molecule has 0 heterocycles. The van der Waals surface area contributed by atoms with Crippen molar-refractivity contribution < 1.29 is 29.9 Å². The van der Waals surface area contributed by atoms with Crippen molar-refractivity contribution in [3.05, 3.63) is 58.7 Å². The van der Waals surface area contributed by atoms with E-state index in [1.54, 1.807) is 45.9 Å². The van der Waals surface area contributed by atoms with Crippen LogP contribution in [0.15, 0.2) is 36.4 Å². The molecule has 5 N–H and O–H groups in total. The lowest BCUT2D eigenvalue weighted by Gasteiger charge is -2.28. The zero-order valence-electron chi connectivity index (χ0n) is 26.7. The Kier molecular flexibility index (Phi) is 20.4. The molecule has 2 aromatic rings. The Morgan fingerprint density at radius 3 is 1.51 bits per heavy atom. The standard InChI is InChI=1S/C16H27NO3S2.C15H25NO3S2/c1-16(2,22-21-4)12-17(3)5-6-20-15-8-13(10-18)7-14(9-15)11-19;1-15(2,21-20-3)11-16-4-5-19-14-7-12(9-17)6-13(8-14)10-18/h7-9,18-19H,5-6,10-12H2,1-4H3;6-8,16-18H,4-5,9-11H2,1-3H3. The van der Waals surface area contributed by atoms with Crippen LogP contribution in [0.1, 0.15) is 49.9 Å². The van der Waals surface area contributed by atoms with Gasteiger partial charge in [-0.1, -0.05) is 55.3 Å². The predicted molar refractivity (Wildman–Crippen MR) is 188 cm³/mol. The molecule has 0 unspecified atom stereocenters. The molecule has 12 heteroatoms. The van der Waals surface area contributed by atoms with Crippen LogP contribution in [0, 0.1) is 0 Å². The maximum absolute atomic E-state index is 9.22. The summed E-state index contributed by atoms with van der Waals surface area (Å²) in [5, 5.41) is 40.2. The fraction of sp³-hybridized carbons (Fsp3) is 0.613. The van der Waals surface area contributed by atoms with E-state index >= 15 is 0 Å². The van der Waals surface area contributed by atoms with Crippen molar-refractivity contribution in [3.8, 4) is 11.5 Å². The van der Waals surface area contributed by atoms with Crippen molar-refractivity contribution in [2.24, 2.45) is 0 Å². The second-order valence-corrected chi connectivity index (χ2v) is 17.4. The highest BCUT2D eigenvalue weighted by molar-refractivity contribution is 8.77. The van der Waals surface area contributed by atoms with E-state index in [4.69, 9.17) is 9.47 Å². The average molecular weight is 677 g/mol. The number of benzene rings is 2. The van der Waals surface area contributed by atoms with Crippen molar-refractivity contribution >= 4 is 43.2 Å². The molecule has 0 saturated heterocycles. The monoisotopic (exact) mass is 676 g/mol. The van der Waals surface area contributed by atoms with Crippen LogP contribution in [0.4, 0.5) is 0 Å². The van der Waals surface area contributed by atoms with E-state index in [1.165, 1.54) is 0 Å². The van der Waals surface area contributed by atoms with Crippen LogP contribution >= 0.6 is 43.2 Å². The highest BCUT2D eigenvalue weighted by Crippen LogP contribution is 2.34. The minimum absolute atomic E-state index is 0.0514. The maximum Gasteiger partial charge on any atom is 0.120 e. The topological polar surface area (TPSA) is 115 Å². The van der Waals surface area contributed by atoms with E-state index in [1.807, 2.05) is 33.7 Å². The quantitative estimate of drug-likeness (QED) is 0.0939. The Balaban J connectivity index is 0.000000430. The van der Waals surface area contributed by atoms with Gasteiger partial charge in [0.15, 0.2) is 0 Å². The molecule has 0 atom stereocenters. The molecule has 0 spiro atoms. The van der Waals surface area contributed by atoms with Crippen LogP contribution in [0.25, 0.3) is 0 Å². The summed E-state index contributed by atoms with van der Waals surface area (Å²) in [5.41, 5.74) is 3.02. The summed E-state index contributed by atoms with van der Waals surface area (Å²) in [5.74, 6) is 1.38. The smallest absolute Gasteiger partial charge is 0.120 e. The molecule has 0 fully saturated rings. The lowest BCUT2D eigenvalue weighted by molar-refractivity contribution is 0.227. The third kappa shape index (κ3) is 18.1. The van der Waals surface area contributed by atoms with E-state index in [-0.39, 0.29) is 35.9 Å². The van der Waals surface area contributed by atoms with Crippen LogP contribution in [-0.4, -0.2) is 93.8 Å². The van der Waals surface area contributed by atoms with Crippen molar-refractivity contribution in [1.82, 2.24) is 10.2 Å². The molecule has 0 aliphatic rings. The van der Waals surface area contributed by atoms with Crippen LogP contribution in [-0.2, 0) is 26.4 Å². The van der Waals surface area contributed by atoms with Gasteiger partial charge in [0, 0.05) is 35.7 Å². The first kappa shape index (κ1) is 40.2. The number of hydrogen-bond acceptors (Lipinski definition) is 12. The molecular weight excluding hydrogens is 625 g/mol. The highest BCUT2D eigenvalue weighted by atomic mass is 33.1. The van der Waals surface area contributed by atoms with E-state index < -0.39 is 0 Å². The van der Waals surface area contributed by atoms with Gasteiger partial charge < -0.3 is 40.1 Å². The number of rotatable bonds is 20. The van der Waals surface area contributed by atoms with Gasteiger partial charge in [-0.3, -0.25) is 0 Å². The van der Waals surface area contributed by atoms with Crippen LogP contribution in [0.3, 0.4) is 0 Å². The van der Waals surface area contributed by atoms with Crippen molar-refractivity contribution in [3.63, 3.8) is 0 Å². The molecule has 0 bridgehead atoms. The summed E-state index contributed by atoms with van der Waals surface area (Å²) in [6.07, 6.45) is 4.19. The summed E-state index contributed by atoms with van der Waals surface area (Å²) in [6, 6.07) is 10.8. The first-order chi connectivity index (χ1) is 20.4. The average Bonchev–Trinajstić information content (AvgIpc) is 2.96. The summed E-state index contributed by atoms with van der Waals surface area (Å²) >= 11 is 0. The Morgan fingerprint density at radius 2 is 1.09 bits per heavy atom. The minimum atomic E-state index is -0.0530. The number of nitrogens with one attached hydrogen (secondary N) is 1.